The molecule has 8 N–H and O–H groups in total. The van der Waals surface area contributed by atoms with Crippen molar-refractivity contribution in [2.45, 2.75) is 99.1 Å². The highest BCUT2D eigenvalue weighted by Gasteiger charge is 2.46. The number of nitrogens with two attached hydrogens (primary N) is 2. The molecule has 2 saturated heterocycles. The molecule has 2 aromatic carbocycles. The Morgan fingerprint density at radius 2 is 1.61 bits per heavy atom. The zero-order valence-corrected chi connectivity index (χ0v) is 36.0. The second kappa shape index (κ2) is 20.9. The summed E-state index contributed by atoms with van der Waals surface area (Å²) in [5.74, 6) is -2.83. The van der Waals surface area contributed by atoms with Crippen LogP contribution in [0.3, 0.4) is 0 Å². The van der Waals surface area contributed by atoms with E-state index < -0.39 is 47.4 Å². The first kappa shape index (κ1) is 45.7. The number of nitrogen functional groups attached to an aromatic ring is 1. The van der Waals surface area contributed by atoms with Crippen LogP contribution >= 0.6 is 23.4 Å². The number of piperidine rings is 2. The Kier molecular flexibility index (Phi) is 15.4. The summed E-state index contributed by atoms with van der Waals surface area (Å²) in [5.41, 5.74) is 12.7. The van der Waals surface area contributed by atoms with Crippen LogP contribution in [-0.2, 0) is 24.0 Å². The Morgan fingerprint density at radius 3 is 2.31 bits per heavy atom. The van der Waals surface area contributed by atoms with Gasteiger partial charge in [-0.15, -0.1) is 0 Å². The molecule has 4 heterocycles. The molecule has 0 saturated carbocycles. The van der Waals surface area contributed by atoms with Crippen molar-refractivity contribution in [2.75, 3.05) is 48.7 Å². The largest absolute Gasteiger partial charge is 0.483 e. The van der Waals surface area contributed by atoms with Crippen molar-refractivity contribution < 1.29 is 38.3 Å². The number of carbonyl (C=O) groups excluding carboxylic acids is 7. The molecular weight excluding hydrogens is 840 g/mol. The van der Waals surface area contributed by atoms with E-state index in [9.17, 15) is 33.6 Å². The molecule has 3 aromatic rings. The molecular formula is C42H51ClN10O8S. The Labute approximate surface area is 368 Å². The zero-order chi connectivity index (χ0) is 44.4. The molecule has 18 nitrogen and oxygen atoms in total. The quantitative estimate of drug-likeness (QED) is 0.0572. The third-order valence-corrected chi connectivity index (χ3v) is 12.4. The molecule has 62 heavy (non-hydrogen) atoms. The van der Waals surface area contributed by atoms with Crippen LogP contribution in [-0.4, -0.2) is 101 Å². The van der Waals surface area contributed by atoms with Crippen LogP contribution in [0.25, 0.3) is 0 Å². The first-order valence-corrected chi connectivity index (χ1v) is 21.8. The summed E-state index contributed by atoms with van der Waals surface area (Å²) in [6.45, 7) is 4.06. The van der Waals surface area contributed by atoms with Gasteiger partial charge in [-0.05, 0) is 63.3 Å². The Morgan fingerprint density at radius 1 is 0.935 bits per heavy atom. The van der Waals surface area contributed by atoms with E-state index in [4.69, 9.17) is 27.8 Å². The molecule has 20 heteroatoms. The van der Waals surface area contributed by atoms with Crippen molar-refractivity contribution in [3.8, 4) is 5.75 Å². The van der Waals surface area contributed by atoms with Gasteiger partial charge in [0.15, 0.2) is 12.4 Å². The maximum atomic E-state index is 13.2. The topological polar surface area (TPSA) is 261 Å². The molecule has 0 bridgehead atoms. The fourth-order valence-electron chi connectivity index (χ4n) is 7.26. The number of rotatable bonds is 19. The van der Waals surface area contributed by atoms with Crippen molar-refractivity contribution in [1.82, 2.24) is 30.8 Å². The lowest BCUT2D eigenvalue weighted by atomic mass is 9.91. The summed E-state index contributed by atoms with van der Waals surface area (Å²) in [6.07, 6.45) is 8.12. The van der Waals surface area contributed by atoms with E-state index >= 15 is 0 Å². The normalized spacial score (nSPS) is 17.0. The summed E-state index contributed by atoms with van der Waals surface area (Å²) in [6, 6.07) is 8.52. The van der Waals surface area contributed by atoms with Crippen LogP contribution in [0, 0.1) is 0 Å². The van der Waals surface area contributed by atoms with Crippen molar-refractivity contribution in [3.05, 3.63) is 58.7 Å². The average molecular weight is 891 g/mol. The molecule has 3 aliphatic heterocycles. The van der Waals surface area contributed by atoms with E-state index in [0.29, 0.717) is 39.5 Å². The zero-order valence-electron chi connectivity index (χ0n) is 34.4. The standard InChI is InChI=1S/C42H51ClN10O8S/c1-42(45)16-20-52(21-17-42)30-23-48-39(37(44)50-30)62-29-13-9-11-26(36(29)43)49-33(56)22-32(55)46-18-6-4-2-3-5-7-19-47-34(57)24-61-28-12-8-10-25-35(28)41(60)53(40(25)59)27-14-15-31(54)51-38(27)58/h8-13,23,27H,2-7,14-22,24,45H2,1H3,(H2,44,50)(H,46,55)(H,47,57)(H,49,56)(H,51,54,58). The van der Waals surface area contributed by atoms with Gasteiger partial charge in [0, 0.05) is 43.0 Å². The molecule has 2 fully saturated rings. The summed E-state index contributed by atoms with van der Waals surface area (Å²) in [7, 11) is 0. The van der Waals surface area contributed by atoms with Gasteiger partial charge in [-0.2, -0.15) is 0 Å². The fourth-order valence-corrected chi connectivity index (χ4v) is 8.36. The van der Waals surface area contributed by atoms with Crippen molar-refractivity contribution in [3.63, 3.8) is 0 Å². The van der Waals surface area contributed by atoms with Crippen molar-refractivity contribution >= 4 is 82.0 Å². The third kappa shape index (κ3) is 11.8. The number of halogens is 1. The van der Waals surface area contributed by atoms with Crippen molar-refractivity contribution in [2.24, 2.45) is 5.73 Å². The number of unbranched alkanes of at least 4 members (excludes halogenated alkanes) is 5. The predicted molar refractivity (Wildman–Crippen MR) is 232 cm³/mol. The van der Waals surface area contributed by atoms with Crippen LogP contribution < -0.4 is 42.4 Å². The lowest BCUT2D eigenvalue weighted by molar-refractivity contribution is -0.136. The SMILES string of the molecule is CC1(N)CCN(c2cnc(Sc3cccc(NC(=O)CC(=O)NCCCCCCCCNC(=O)COc4cccc5c4C(=O)N(C4CCC(=O)NC4=O)C5=O)c3Cl)c(N)n2)CC1. The molecule has 6 rings (SSSR count). The number of ether oxygens (including phenoxy) is 1. The number of aromatic nitrogens is 2. The summed E-state index contributed by atoms with van der Waals surface area (Å²) < 4.78 is 5.62. The lowest BCUT2D eigenvalue weighted by Gasteiger charge is -2.37. The number of fused-ring (bicyclic) bond motifs is 1. The van der Waals surface area contributed by atoms with E-state index in [1.807, 2.05) is 6.92 Å². The van der Waals surface area contributed by atoms with Crippen LogP contribution in [0.2, 0.25) is 5.02 Å². The minimum Gasteiger partial charge on any atom is -0.483 e. The van der Waals surface area contributed by atoms with Crippen molar-refractivity contribution in [1.29, 1.82) is 0 Å². The van der Waals surface area contributed by atoms with Gasteiger partial charge in [0.1, 0.15) is 29.1 Å². The van der Waals surface area contributed by atoms with Gasteiger partial charge >= 0.3 is 0 Å². The molecule has 7 amide bonds. The van der Waals surface area contributed by atoms with Gasteiger partial charge in [0.05, 0.1) is 28.0 Å². The Hall–Kier alpha value is -5.79. The third-order valence-electron chi connectivity index (χ3n) is 10.8. The monoisotopic (exact) mass is 890 g/mol. The van der Waals surface area contributed by atoms with E-state index in [-0.39, 0.29) is 54.1 Å². The van der Waals surface area contributed by atoms with Gasteiger partial charge in [-0.1, -0.05) is 61.2 Å². The number of carbonyl (C=O) groups is 7. The molecule has 0 spiro atoms. The van der Waals surface area contributed by atoms with Gasteiger partial charge in [0.2, 0.25) is 23.6 Å². The van der Waals surface area contributed by atoms with Crippen LogP contribution in [0.4, 0.5) is 17.3 Å². The molecule has 3 aliphatic rings. The summed E-state index contributed by atoms with van der Waals surface area (Å²) in [4.78, 5) is 100. The number of anilines is 3. The van der Waals surface area contributed by atoms with Gasteiger partial charge in [-0.3, -0.25) is 43.8 Å². The van der Waals surface area contributed by atoms with E-state index in [1.165, 1.54) is 30.0 Å². The molecule has 0 radical (unpaired) electrons. The van der Waals surface area contributed by atoms with E-state index in [1.54, 1.807) is 24.4 Å². The molecule has 0 aliphatic carbocycles. The number of benzene rings is 2. The molecule has 1 atom stereocenters. The Bertz CT molecular complexity index is 2210. The molecule has 1 unspecified atom stereocenters. The second-order valence-corrected chi connectivity index (χ2v) is 17.1. The highest BCUT2D eigenvalue weighted by Crippen LogP contribution is 2.39. The second-order valence-electron chi connectivity index (χ2n) is 15.7. The van der Waals surface area contributed by atoms with Gasteiger partial charge in [-0.25, -0.2) is 9.97 Å². The lowest BCUT2D eigenvalue weighted by Crippen LogP contribution is -2.54. The summed E-state index contributed by atoms with van der Waals surface area (Å²) in [5, 5.41) is 11.2. The fraction of sp³-hybridized carbons (Fsp3) is 0.452. The average Bonchev–Trinajstić information content (AvgIpc) is 3.48. The number of imide groups is 2. The minimum atomic E-state index is -1.10. The predicted octanol–water partition coefficient (Wildman–Crippen LogP) is 3.56. The molecule has 1 aromatic heterocycles. The van der Waals surface area contributed by atoms with Crippen LogP contribution in [0.5, 0.6) is 5.75 Å². The minimum absolute atomic E-state index is 0.00694. The molecule has 330 valence electrons. The number of hydrogen-bond donors (Lipinski definition) is 6. The number of amides is 7. The number of nitrogens with zero attached hydrogens (tertiary/aromatic N) is 4. The highest BCUT2D eigenvalue weighted by atomic mass is 35.5. The summed E-state index contributed by atoms with van der Waals surface area (Å²) >= 11 is 7.87. The highest BCUT2D eigenvalue weighted by molar-refractivity contribution is 7.99. The van der Waals surface area contributed by atoms with E-state index in [2.05, 4.69) is 36.1 Å². The Balaban J connectivity index is 0.814. The van der Waals surface area contributed by atoms with Crippen LogP contribution in [0.1, 0.15) is 98.3 Å². The first-order chi connectivity index (χ1) is 29.7. The van der Waals surface area contributed by atoms with Gasteiger partial charge < -0.3 is 37.1 Å². The smallest absolute Gasteiger partial charge is 0.266 e. The maximum Gasteiger partial charge on any atom is 0.266 e. The van der Waals surface area contributed by atoms with E-state index in [0.717, 1.165) is 69.4 Å². The number of hydrogen-bond acceptors (Lipinski definition) is 14. The first-order valence-electron chi connectivity index (χ1n) is 20.6. The maximum absolute atomic E-state index is 13.2. The number of nitrogens with one attached hydrogen (secondary N) is 4. The van der Waals surface area contributed by atoms with Gasteiger partial charge in [0.25, 0.3) is 17.7 Å². The van der Waals surface area contributed by atoms with Crippen LogP contribution in [0.15, 0.2) is 52.5 Å².